The van der Waals surface area contributed by atoms with Gasteiger partial charge in [-0.3, -0.25) is 9.59 Å². The summed E-state index contributed by atoms with van der Waals surface area (Å²) in [6, 6.07) is 1.89. The second-order valence-electron chi connectivity index (χ2n) is 7.80. The molecule has 4 N–H and O–H groups in total. The first kappa shape index (κ1) is 24.4. The third-order valence-corrected chi connectivity index (χ3v) is 5.68. The van der Waals surface area contributed by atoms with Crippen molar-refractivity contribution >= 4 is 40.2 Å². The van der Waals surface area contributed by atoms with E-state index in [-0.39, 0.29) is 30.1 Å². The van der Waals surface area contributed by atoms with Crippen LogP contribution >= 0.6 is 22.6 Å². The average molecular weight is 532 g/mol. The maximum Gasteiger partial charge on any atom is 0.296 e. The Morgan fingerprint density at radius 2 is 2.13 bits per heavy atom. The lowest BCUT2D eigenvalue weighted by Gasteiger charge is -2.24. The zero-order valence-corrected chi connectivity index (χ0v) is 19.2. The SMILES string of the molecule is C=C/C=C(\C(N)CCC(F)(F)I)C(C)NC(=O)c1ccnc(NC(=O)C2(C)CC2)c1. The molecule has 1 aliphatic carbocycles. The number of nitrogens with two attached hydrogens (primary N) is 1. The number of hydrogen-bond donors (Lipinski definition) is 3. The summed E-state index contributed by atoms with van der Waals surface area (Å²) < 4.78 is 23.5. The molecule has 1 fully saturated rings. The lowest BCUT2D eigenvalue weighted by molar-refractivity contribution is -0.120. The third-order valence-electron chi connectivity index (χ3n) is 5.14. The Labute approximate surface area is 188 Å². The second kappa shape index (κ2) is 9.95. The molecule has 1 heterocycles. The number of allylic oxidation sites excluding steroid dienone is 2. The van der Waals surface area contributed by atoms with Gasteiger partial charge in [-0.1, -0.05) is 25.7 Å². The van der Waals surface area contributed by atoms with E-state index in [4.69, 9.17) is 5.73 Å². The smallest absolute Gasteiger partial charge is 0.296 e. The predicted octanol–water partition coefficient (Wildman–Crippen LogP) is 4.19. The van der Waals surface area contributed by atoms with E-state index in [1.54, 1.807) is 13.0 Å². The van der Waals surface area contributed by atoms with Gasteiger partial charge in [0.2, 0.25) is 5.91 Å². The lowest BCUT2D eigenvalue weighted by atomic mass is 9.96. The summed E-state index contributed by atoms with van der Waals surface area (Å²) in [7, 11) is 0. The minimum Gasteiger partial charge on any atom is -0.346 e. The number of hydrogen-bond acceptors (Lipinski definition) is 4. The van der Waals surface area contributed by atoms with E-state index in [2.05, 4.69) is 22.2 Å². The molecule has 0 saturated heterocycles. The number of pyridine rings is 1. The molecule has 0 bridgehead atoms. The van der Waals surface area contributed by atoms with Gasteiger partial charge in [-0.05, 0) is 66.5 Å². The Hall–Kier alpha value is -1.88. The van der Waals surface area contributed by atoms with Gasteiger partial charge >= 0.3 is 0 Å². The van der Waals surface area contributed by atoms with Crippen molar-refractivity contribution in [3.8, 4) is 0 Å². The van der Waals surface area contributed by atoms with Gasteiger partial charge in [0.15, 0.2) is 0 Å². The van der Waals surface area contributed by atoms with Gasteiger partial charge in [-0.25, -0.2) is 4.98 Å². The number of anilines is 1. The Bertz CT molecular complexity index is 835. The highest BCUT2D eigenvalue weighted by atomic mass is 127. The minimum absolute atomic E-state index is 0.0695. The number of rotatable bonds is 10. The highest BCUT2D eigenvalue weighted by molar-refractivity contribution is 14.1. The first-order valence-corrected chi connectivity index (χ1v) is 10.8. The zero-order chi connectivity index (χ0) is 22.5. The predicted molar refractivity (Wildman–Crippen MR) is 122 cm³/mol. The summed E-state index contributed by atoms with van der Waals surface area (Å²) in [4.78, 5) is 29.0. The zero-order valence-electron chi connectivity index (χ0n) is 17.1. The standard InChI is InChI=1S/C21H27F2IN4O2/c1-4-5-15(16(25)6-8-21(22,23)24)13(2)27-18(29)14-7-11-26-17(12-14)28-19(30)20(3)9-10-20/h4-5,7,11-13,16H,1,6,8-10,25H2,2-3H3,(H,27,29)(H,26,28,30)/b15-5-. The molecule has 9 heteroatoms. The number of amides is 2. The van der Waals surface area contributed by atoms with Crippen molar-refractivity contribution in [2.75, 3.05) is 5.32 Å². The Kier molecular flexibility index (Phi) is 8.09. The summed E-state index contributed by atoms with van der Waals surface area (Å²) in [6.45, 7) is 7.24. The molecule has 1 aromatic heterocycles. The second-order valence-corrected chi connectivity index (χ2v) is 9.38. The van der Waals surface area contributed by atoms with Crippen LogP contribution in [0.25, 0.3) is 0 Å². The van der Waals surface area contributed by atoms with Gasteiger partial charge in [-0.2, -0.15) is 8.78 Å². The number of nitrogens with zero attached hydrogens (tertiary/aromatic N) is 1. The number of carbonyl (C=O) groups is 2. The van der Waals surface area contributed by atoms with E-state index < -0.39 is 16.0 Å². The van der Waals surface area contributed by atoms with Gasteiger partial charge in [-0.15, -0.1) is 0 Å². The van der Waals surface area contributed by atoms with Crippen molar-refractivity contribution in [3.05, 3.63) is 48.2 Å². The Morgan fingerprint density at radius 3 is 2.70 bits per heavy atom. The molecular formula is C21H27F2IN4O2. The molecule has 1 aromatic rings. The molecule has 0 spiro atoms. The quantitative estimate of drug-likeness (QED) is 0.239. The molecule has 0 radical (unpaired) electrons. The molecule has 0 aliphatic heterocycles. The molecule has 0 aromatic carbocycles. The largest absolute Gasteiger partial charge is 0.346 e. The van der Waals surface area contributed by atoms with Crippen LogP contribution in [0.5, 0.6) is 0 Å². The van der Waals surface area contributed by atoms with Gasteiger partial charge in [0.25, 0.3) is 9.84 Å². The molecule has 1 saturated carbocycles. The van der Waals surface area contributed by atoms with Gasteiger partial charge in [0.1, 0.15) is 5.82 Å². The van der Waals surface area contributed by atoms with Crippen LogP contribution in [0.15, 0.2) is 42.6 Å². The van der Waals surface area contributed by atoms with Crippen LogP contribution in [-0.2, 0) is 4.79 Å². The molecule has 1 aliphatic rings. The molecule has 30 heavy (non-hydrogen) atoms. The van der Waals surface area contributed by atoms with Crippen molar-refractivity contribution in [2.24, 2.45) is 11.1 Å². The van der Waals surface area contributed by atoms with Gasteiger partial charge in [0, 0.05) is 35.7 Å². The van der Waals surface area contributed by atoms with Gasteiger partial charge < -0.3 is 16.4 Å². The number of aromatic nitrogens is 1. The van der Waals surface area contributed by atoms with Crippen LogP contribution in [0.3, 0.4) is 0 Å². The molecule has 6 nitrogen and oxygen atoms in total. The summed E-state index contributed by atoms with van der Waals surface area (Å²) in [6.07, 6.45) is 5.96. The highest BCUT2D eigenvalue weighted by Crippen LogP contribution is 2.45. The average Bonchev–Trinajstić information content (AvgIpc) is 3.42. The lowest BCUT2D eigenvalue weighted by Crippen LogP contribution is -2.40. The van der Waals surface area contributed by atoms with Crippen LogP contribution < -0.4 is 16.4 Å². The van der Waals surface area contributed by atoms with Gasteiger partial charge in [0.05, 0.1) is 0 Å². The summed E-state index contributed by atoms with van der Waals surface area (Å²) in [5.74, 6) is -0.203. The van der Waals surface area contributed by atoms with Crippen molar-refractivity contribution < 1.29 is 18.4 Å². The van der Waals surface area contributed by atoms with Crippen LogP contribution in [0, 0.1) is 5.41 Å². The first-order valence-electron chi connectivity index (χ1n) is 9.68. The summed E-state index contributed by atoms with van der Waals surface area (Å²) in [5.41, 5.74) is 6.65. The van der Waals surface area contributed by atoms with E-state index in [9.17, 15) is 18.4 Å². The maximum absolute atomic E-state index is 13.2. The highest BCUT2D eigenvalue weighted by Gasteiger charge is 2.45. The van der Waals surface area contributed by atoms with E-state index in [1.165, 1.54) is 24.4 Å². The fraction of sp³-hybridized carbons (Fsp3) is 0.476. The molecule has 2 atom stereocenters. The van der Waals surface area contributed by atoms with E-state index >= 15 is 0 Å². The number of nitrogens with one attached hydrogen (secondary N) is 2. The van der Waals surface area contributed by atoms with Crippen LogP contribution in [0.1, 0.15) is 49.9 Å². The monoisotopic (exact) mass is 532 g/mol. The van der Waals surface area contributed by atoms with Crippen molar-refractivity contribution in [1.82, 2.24) is 10.3 Å². The molecular weight excluding hydrogens is 505 g/mol. The fourth-order valence-corrected chi connectivity index (χ4v) is 3.21. The molecule has 2 rings (SSSR count). The third kappa shape index (κ3) is 7.12. The summed E-state index contributed by atoms with van der Waals surface area (Å²) >= 11 is 1.09. The molecule has 164 valence electrons. The van der Waals surface area contributed by atoms with Crippen LogP contribution in [-0.4, -0.2) is 32.8 Å². The maximum atomic E-state index is 13.2. The normalized spacial score (nSPS) is 17.6. The fourth-order valence-electron chi connectivity index (χ4n) is 2.90. The minimum atomic E-state index is -2.84. The van der Waals surface area contributed by atoms with Crippen molar-refractivity contribution in [2.45, 2.75) is 55.5 Å². The Balaban J connectivity index is 2.04. The topological polar surface area (TPSA) is 97.1 Å². The van der Waals surface area contributed by atoms with Crippen molar-refractivity contribution in [1.29, 1.82) is 0 Å². The number of alkyl halides is 3. The van der Waals surface area contributed by atoms with E-state index in [0.29, 0.717) is 17.0 Å². The van der Waals surface area contributed by atoms with E-state index in [0.717, 1.165) is 35.4 Å². The first-order chi connectivity index (χ1) is 13.9. The van der Waals surface area contributed by atoms with Crippen LogP contribution in [0.2, 0.25) is 0 Å². The molecule has 2 amide bonds. The Morgan fingerprint density at radius 1 is 1.47 bits per heavy atom. The van der Waals surface area contributed by atoms with Crippen molar-refractivity contribution in [3.63, 3.8) is 0 Å². The number of halogens is 3. The van der Waals surface area contributed by atoms with Crippen LogP contribution in [0.4, 0.5) is 14.6 Å². The summed E-state index contributed by atoms with van der Waals surface area (Å²) in [5, 5.41) is 5.56. The van der Waals surface area contributed by atoms with E-state index in [1.807, 2.05) is 6.92 Å². The number of carbonyl (C=O) groups excluding carboxylic acids is 2. The molecule has 2 unspecified atom stereocenters.